The van der Waals surface area contributed by atoms with Crippen molar-refractivity contribution in [3.05, 3.63) is 69.0 Å². The van der Waals surface area contributed by atoms with Crippen LogP contribution in [0.5, 0.6) is 5.75 Å². The molecular weight excluding hydrogens is 863 g/mol. The Hall–Kier alpha value is -5.56. The summed E-state index contributed by atoms with van der Waals surface area (Å²) in [6.07, 6.45) is 4.45. The van der Waals surface area contributed by atoms with Crippen LogP contribution in [0.15, 0.2) is 41.3 Å². The van der Waals surface area contributed by atoms with E-state index >= 15 is 22.0 Å². The molecule has 2 aromatic carbocycles. The second-order valence-corrected chi connectivity index (χ2v) is 18.4. The number of fused-ring (bicyclic) bond motifs is 4. The van der Waals surface area contributed by atoms with Crippen molar-refractivity contribution >= 4 is 68.4 Å². The fraction of sp³-hybridized carbons (Fsp3) is 0.500. The number of carbonyl (C=O) groups is 2. The summed E-state index contributed by atoms with van der Waals surface area (Å²) in [5, 5.41) is 14.1. The molecule has 64 heavy (non-hydrogen) atoms. The van der Waals surface area contributed by atoms with E-state index in [1.165, 1.54) is 28.8 Å². The van der Waals surface area contributed by atoms with E-state index in [1.54, 1.807) is 36.0 Å². The Kier molecular flexibility index (Phi) is 10.5. The van der Waals surface area contributed by atoms with Crippen LogP contribution >= 0.6 is 11.6 Å². The predicted octanol–water partition coefficient (Wildman–Crippen LogP) is 6.83. The molecule has 5 aromatic rings. The molecule has 1 aliphatic carbocycles. The highest BCUT2D eigenvalue weighted by Gasteiger charge is 2.51. The maximum atomic E-state index is 16.0. The highest BCUT2D eigenvalue weighted by atomic mass is 35.5. The van der Waals surface area contributed by atoms with E-state index in [1.807, 2.05) is 4.90 Å². The molecule has 7 heterocycles. The Balaban J connectivity index is 0.797. The van der Waals surface area contributed by atoms with Gasteiger partial charge in [0, 0.05) is 56.0 Å². The van der Waals surface area contributed by atoms with Crippen molar-refractivity contribution in [2.75, 3.05) is 54.9 Å². The topological polar surface area (TPSA) is 152 Å². The number of amides is 2. The van der Waals surface area contributed by atoms with Crippen LogP contribution in [0.25, 0.3) is 21.8 Å². The van der Waals surface area contributed by atoms with Crippen LogP contribution in [0.1, 0.15) is 68.0 Å². The molecule has 14 nitrogen and oxygen atoms in total. The highest BCUT2D eigenvalue weighted by Crippen LogP contribution is 2.46. The number of rotatable bonds is 8. The van der Waals surface area contributed by atoms with E-state index in [2.05, 4.69) is 31.0 Å². The lowest BCUT2D eigenvalue weighted by molar-refractivity contribution is -0.134. The summed E-state index contributed by atoms with van der Waals surface area (Å²) in [5.74, 6) is -9.40. The Morgan fingerprint density at radius 2 is 1.72 bits per heavy atom. The average molecular weight is 909 g/mol. The molecule has 5 aliphatic rings. The van der Waals surface area contributed by atoms with Crippen LogP contribution in [-0.4, -0.2) is 98.2 Å². The number of likely N-dealkylation sites (tertiary alicyclic amines) is 1. The van der Waals surface area contributed by atoms with Gasteiger partial charge in [-0.25, -0.2) is 26.9 Å². The number of ether oxygens (including phenoxy) is 1. The lowest BCUT2D eigenvalue weighted by atomic mass is 9.86. The van der Waals surface area contributed by atoms with E-state index in [0.29, 0.717) is 83.9 Å². The maximum Gasteiger partial charge on any atom is 0.301 e. The van der Waals surface area contributed by atoms with Gasteiger partial charge in [0.25, 0.3) is 11.5 Å². The number of nitrogens with one attached hydrogen (secondary N) is 3. The molecule has 2 amide bonds. The first kappa shape index (κ1) is 42.4. The fourth-order valence-electron chi connectivity index (χ4n) is 9.98. The van der Waals surface area contributed by atoms with E-state index < -0.39 is 60.2 Å². The maximum absolute atomic E-state index is 16.0. The molecule has 3 unspecified atom stereocenters. The summed E-state index contributed by atoms with van der Waals surface area (Å²) in [5.41, 5.74) is 2.22. The first-order valence-corrected chi connectivity index (χ1v) is 22.0. The number of pyridine rings is 1. The van der Waals surface area contributed by atoms with Crippen molar-refractivity contribution in [1.82, 2.24) is 34.5 Å². The Bertz CT molecular complexity index is 2770. The summed E-state index contributed by atoms with van der Waals surface area (Å²) in [4.78, 5) is 49.8. The molecular formula is C44H46ClF5N10O4. The van der Waals surface area contributed by atoms with Gasteiger partial charge in [0.2, 0.25) is 23.5 Å². The van der Waals surface area contributed by atoms with Gasteiger partial charge in [-0.2, -0.15) is 10.1 Å². The Labute approximate surface area is 368 Å². The predicted molar refractivity (Wildman–Crippen MR) is 230 cm³/mol. The second kappa shape index (κ2) is 15.9. The van der Waals surface area contributed by atoms with Gasteiger partial charge in [-0.15, -0.1) is 0 Å². The first-order valence-electron chi connectivity index (χ1n) is 21.6. The van der Waals surface area contributed by atoms with Crippen LogP contribution in [-0.2, 0) is 23.7 Å². The van der Waals surface area contributed by atoms with Crippen molar-refractivity contribution in [1.29, 1.82) is 0 Å². The van der Waals surface area contributed by atoms with Crippen molar-refractivity contribution in [2.45, 2.75) is 74.7 Å². The van der Waals surface area contributed by atoms with Gasteiger partial charge in [-0.1, -0.05) is 11.6 Å². The third kappa shape index (κ3) is 7.66. The highest BCUT2D eigenvalue weighted by molar-refractivity contribution is 6.33. The SMILES string of the molecule is Cn1nc(C2CCC(=O)NC2=O)c2cc(F)c(C3CCN(CC4CCN(c5ncc(Cl)c(Nc6ccc7c(c6)c6c(c(=O)n7C)OCC(F)(F)C(C7CC7)N6)n5)CC4(F)F)CC3)cc21. The van der Waals surface area contributed by atoms with Gasteiger partial charge in [0.15, 0.2) is 12.4 Å². The van der Waals surface area contributed by atoms with Gasteiger partial charge >= 0.3 is 5.92 Å². The number of carbonyl (C=O) groups excluding carboxylic acids is 2. The number of imide groups is 1. The van der Waals surface area contributed by atoms with Gasteiger partial charge in [0.05, 0.1) is 47.1 Å². The molecule has 3 N–H and O–H groups in total. The van der Waals surface area contributed by atoms with Crippen LogP contribution in [0.2, 0.25) is 5.02 Å². The number of aromatic nitrogens is 5. The number of alkyl halides is 4. The number of anilines is 4. The zero-order chi connectivity index (χ0) is 44.8. The monoisotopic (exact) mass is 908 g/mol. The van der Waals surface area contributed by atoms with Crippen LogP contribution in [0, 0.1) is 17.7 Å². The van der Waals surface area contributed by atoms with Crippen molar-refractivity contribution in [3.8, 4) is 5.75 Å². The molecule has 10 rings (SSSR count). The minimum absolute atomic E-state index is 0.0594. The number of hydrogen-bond donors (Lipinski definition) is 3. The molecule has 20 heteroatoms. The average Bonchev–Trinajstić information content (AvgIpc) is 4.06. The van der Waals surface area contributed by atoms with Crippen molar-refractivity contribution < 1.29 is 36.3 Å². The van der Waals surface area contributed by atoms with E-state index in [0.717, 1.165) is 0 Å². The Morgan fingerprint density at radius 3 is 2.45 bits per heavy atom. The molecule has 4 aliphatic heterocycles. The molecule has 4 fully saturated rings. The smallest absolute Gasteiger partial charge is 0.301 e. The van der Waals surface area contributed by atoms with E-state index in [4.69, 9.17) is 16.3 Å². The van der Waals surface area contributed by atoms with Crippen molar-refractivity contribution in [2.24, 2.45) is 25.9 Å². The van der Waals surface area contributed by atoms with E-state index in [-0.39, 0.29) is 71.9 Å². The lowest BCUT2D eigenvalue weighted by Crippen LogP contribution is -2.53. The number of nitrogens with zero attached hydrogens (tertiary/aromatic N) is 7. The molecule has 0 bridgehead atoms. The Morgan fingerprint density at radius 1 is 0.938 bits per heavy atom. The molecule has 338 valence electrons. The summed E-state index contributed by atoms with van der Waals surface area (Å²) in [6, 6.07) is 7.02. The zero-order valence-electron chi connectivity index (χ0n) is 35.1. The first-order chi connectivity index (χ1) is 30.5. The second-order valence-electron chi connectivity index (χ2n) is 17.9. The largest absolute Gasteiger partial charge is 0.480 e. The minimum Gasteiger partial charge on any atom is -0.480 e. The van der Waals surface area contributed by atoms with Crippen molar-refractivity contribution in [3.63, 3.8) is 0 Å². The summed E-state index contributed by atoms with van der Waals surface area (Å²) in [6.45, 7) is -0.0505. The van der Waals surface area contributed by atoms with Crippen LogP contribution in [0.4, 0.5) is 45.1 Å². The van der Waals surface area contributed by atoms with E-state index in [9.17, 15) is 14.4 Å². The fourth-order valence-corrected chi connectivity index (χ4v) is 10.1. The van der Waals surface area contributed by atoms with Gasteiger partial charge < -0.3 is 29.7 Å². The number of benzene rings is 2. The van der Waals surface area contributed by atoms with Gasteiger partial charge in [-0.3, -0.25) is 24.4 Å². The number of aryl methyl sites for hydroxylation is 2. The standard InChI is InChI=1S/C44H46ClF5N10O4/c1-57-32-7-5-25(15-28(32)36-37(41(57)63)64-21-44(49,50)38(54-36)23-3-4-23)52-39-30(45)18-51-42(55-39)60-14-11-24(43(47,48)20-60)19-59-12-9-22(10-13-59)27-17-33-29(16-31(27)46)35(56-58(33)2)26-6-8-34(61)53-40(26)62/h5,7,15-18,22-24,26,38,54H,3-4,6,8-14,19-21H2,1-2H3,(H,51,52,55)(H,53,61,62). The molecule has 3 aromatic heterocycles. The molecule has 3 atom stereocenters. The number of halogens is 6. The summed E-state index contributed by atoms with van der Waals surface area (Å²) < 4.78 is 86.5. The zero-order valence-corrected chi connectivity index (χ0v) is 35.8. The summed E-state index contributed by atoms with van der Waals surface area (Å²) in [7, 11) is 3.27. The van der Waals surface area contributed by atoms with Crippen LogP contribution < -0.4 is 31.1 Å². The molecule has 0 spiro atoms. The number of hydrogen-bond acceptors (Lipinski definition) is 11. The quantitative estimate of drug-likeness (QED) is 0.111. The normalized spacial score (nSPS) is 23.9. The molecule has 1 saturated carbocycles. The summed E-state index contributed by atoms with van der Waals surface area (Å²) >= 11 is 6.53. The molecule has 3 saturated heterocycles. The lowest BCUT2D eigenvalue weighted by Gasteiger charge is -2.41. The van der Waals surface area contributed by atoms with Gasteiger partial charge in [0.1, 0.15) is 10.8 Å². The minimum atomic E-state index is -3.20. The third-order valence-electron chi connectivity index (χ3n) is 13.7. The number of piperidine rings is 3. The van der Waals surface area contributed by atoms with Crippen LogP contribution in [0.3, 0.4) is 0 Å². The van der Waals surface area contributed by atoms with Gasteiger partial charge in [-0.05, 0) is 99.3 Å². The molecule has 0 radical (unpaired) electrons. The third-order valence-corrected chi connectivity index (χ3v) is 14.0.